The van der Waals surface area contributed by atoms with Gasteiger partial charge < -0.3 is 0 Å². The van der Waals surface area contributed by atoms with Crippen molar-refractivity contribution in [2.45, 2.75) is 44.8 Å². The van der Waals surface area contributed by atoms with E-state index in [2.05, 4.69) is 47.1 Å². The normalized spacial score (nSPS) is 14.4. The van der Waals surface area contributed by atoms with Crippen LogP contribution in [0.3, 0.4) is 0 Å². The van der Waals surface area contributed by atoms with Gasteiger partial charge in [0.05, 0.1) is 10.5 Å². The van der Waals surface area contributed by atoms with Crippen LogP contribution in [0.1, 0.15) is 44.2 Å². The van der Waals surface area contributed by atoms with E-state index in [0.29, 0.717) is 6.42 Å². The van der Waals surface area contributed by atoms with Crippen molar-refractivity contribution in [1.29, 1.82) is 0 Å². The molecule has 2 nitrogen and oxygen atoms in total. The van der Waals surface area contributed by atoms with Gasteiger partial charge in [-0.3, -0.25) is 0 Å². The third-order valence-electron chi connectivity index (χ3n) is 3.40. The Morgan fingerprint density at radius 2 is 1.68 bits per heavy atom. The van der Waals surface area contributed by atoms with E-state index in [1.807, 2.05) is 0 Å². The molecule has 0 aliphatic heterocycles. The SMILES string of the molecule is Cc1ccc(C(CBr)CCS(=O)(=O)C(C)(C)C)cc1. The first-order valence-electron chi connectivity index (χ1n) is 6.52. The highest BCUT2D eigenvalue weighted by Gasteiger charge is 2.29. The van der Waals surface area contributed by atoms with Gasteiger partial charge in [-0.15, -0.1) is 0 Å². The highest BCUT2D eigenvalue weighted by molar-refractivity contribution is 9.09. The lowest BCUT2D eigenvalue weighted by molar-refractivity contribution is 0.554. The molecule has 0 heterocycles. The Balaban J connectivity index is 2.77. The Kier molecular flexibility index (Phi) is 5.63. The van der Waals surface area contributed by atoms with Gasteiger partial charge in [-0.2, -0.15) is 0 Å². The summed E-state index contributed by atoms with van der Waals surface area (Å²) in [6, 6.07) is 8.32. The van der Waals surface area contributed by atoms with Gasteiger partial charge in [0.25, 0.3) is 0 Å². The van der Waals surface area contributed by atoms with Crippen LogP contribution in [0.25, 0.3) is 0 Å². The molecular weight excluding hydrogens is 324 g/mol. The zero-order valence-electron chi connectivity index (χ0n) is 12.1. The summed E-state index contributed by atoms with van der Waals surface area (Å²) in [4.78, 5) is 0. The molecule has 19 heavy (non-hydrogen) atoms. The van der Waals surface area contributed by atoms with E-state index in [-0.39, 0.29) is 11.7 Å². The third kappa shape index (κ3) is 4.60. The van der Waals surface area contributed by atoms with E-state index in [1.54, 1.807) is 20.8 Å². The molecule has 0 N–H and O–H groups in total. The number of sulfone groups is 1. The summed E-state index contributed by atoms with van der Waals surface area (Å²) in [6.45, 7) is 7.34. The summed E-state index contributed by atoms with van der Waals surface area (Å²) in [5.74, 6) is 0.485. The molecule has 0 radical (unpaired) electrons. The smallest absolute Gasteiger partial charge is 0.155 e. The molecule has 1 atom stereocenters. The summed E-state index contributed by atoms with van der Waals surface area (Å²) in [7, 11) is -3.04. The Morgan fingerprint density at radius 3 is 2.11 bits per heavy atom. The number of halogens is 1. The fourth-order valence-corrected chi connectivity index (χ4v) is 3.68. The highest BCUT2D eigenvalue weighted by Crippen LogP contribution is 2.26. The Hall–Kier alpha value is -0.350. The molecule has 1 rings (SSSR count). The minimum atomic E-state index is -3.04. The predicted octanol–water partition coefficient (Wildman–Crippen LogP) is 4.08. The molecule has 0 bridgehead atoms. The molecular formula is C15H23BrO2S. The maximum absolute atomic E-state index is 12.1. The van der Waals surface area contributed by atoms with Gasteiger partial charge in [0.1, 0.15) is 0 Å². The first kappa shape index (κ1) is 16.7. The van der Waals surface area contributed by atoms with Gasteiger partial charge >= 0.3 is 0 Å². The lowest BCUT2D eigenvalue weighted by Crippen LogP contribution is -2.31. The van der Waals surface area contributed by atoms with Crippen LogP contribution in [-0.4, -0.2) is 24.2 Å². The topological polar surface area (TPSA) is 34.1 Å². The van der Waals surface area contributed by atoms with Crippen molar-refractivity contribution in [1.82, 2.24) is 0 Å². The summed E-state index contributed by atoms with van der Waals surface area (Å²) < 4.78 is 23.6. The van der Waals surface area contributed by atoms with Crippen LogP contribution in [0.5, 0.6) is 0 Å². The number of alkyl halides is 1. The lowest BCUT2D eigenvalue weighted by atomic mass is 9.98. The maximum atomic E-state index is 12.1. The van der Waals surface area contributed by atoms with Gasteiger partial charge in [0.2, 0.25) is 0 Å². The second-order valence-electron chi connectivity index (χ2n) is 5.98. The molecule has 1 aromatic carbocycles. The first-order chi connectivity index (χ1) is 8.67. The largest absolute Gasteiger partial charge is 0.228 e. The average Bonchev–Trinajstić information content (AvgIpc) is 2.30. The molecule has 0 aromatic heterocycles. The molecule has 0 spiro atoms. The molecule has 0 saturated carbocycles. The highest BCUT2D eigenvalue weighted by atomic mass is 79.9. The van der Waals surface area contributed by atoms with Crippen LogP contribution in [0.4, 0.5) is 0 Å². The number of aryl methyl sites for hydroxylation is 1. The zero-order valence-corrected chi connectivity index (χ0v) is 14.5. The van der Waals surface area contributed by atoms with E-state index in [4.69, 9.17) is 0 Å². The third-order valence-corrected chi connectivity index (χ3v) is 6.82. The molecule has 1 unspecified atom stereocenters. The van der Waals surface area contributed by atoms with Crippen molar-refractivity contribution in [2.24, 2.45) is 0 Å². The van der Waals surface area contributed by atoms with Crippen molar-refractivity contribution in [3.63, 3.8) is 0 Å². The summed E-state index contributed by atoms with van der Waals surface area (Å²) in [6.07, 6.45) is 0.661. The van der Waals surface area contributed by atoms with Gasteiger partial charge in [0, 0.05) is 5.33 Å². The van der Waals surface area contributed by atoms with Gasteiger partial charge in [-0.05, 0) is 45.6 Å². The quantitative estimate of drug-likeness (QED) is 0.752. The molecule has 0 aliphatic rings. The second-order valence-corrected chi connectivity index (χ2v) is 9.49. The van der Waals surface area contributed by atoms with Crippen molar-refractivity contribution >= 4 is 25.8 Å². The number of benzene rings is 1. The van der Waals surface area contributed by atoms with Crippen molar-refractivity contribution in [3.8, 4) is 0 Å². The molecule has 0 aliphatic carbocycles. The predicted molar refractivity (Wildman–Crippen MR) is 85.9 cm³/mol. The van der Waals surface area contributed by atoms with Gasteiger partial charge in [0.15, 0.2) is 9.84 Å². The van der Waals surface area contributed by atoms with Crippen molar-refractivity contribution in [2.75, 3.05) is 11.1 Å². The lowest BCUT2D eigenvalue weighted by Gasteiger charge is -2.21. The van der Waals surface area contributed by atoms with Gasteiger partial charge in [-0.1, -0.05) is 45.8 Å². The average molecular weight is 347 g/mol. The van der Waals surface area contributed by atoms with Crippen LogP contribution in [0, 0.1) is 6.92 Å². The van der Waals surface area contributed by atoms with E-state index in [1.165, 1.54) is 11.1 Å². The Labute approximate surface area is 125 Å². The van der Waals surface area contributed by atoms with Crippen molar-refractivity contribution in [3.05, 3.63) is 35.4 Å². The molecule has 108 valence electrons. The number of hydrogen-bond donors (Lipinski definition) is 0. The van der Waals surface area contributed by atoms with E-state index in [9.17, 15) is 8.42 Å². The fourth-order valence-electron chi connectivity index (χ4n) is 1.78. The van der Waals surface area contributed by atoms with Crippen LogP contribution >= 0.6 is 15.9 Å². The zero-order chi connectivity index (χ0) is 14.7. The Morgan fingerprint density at radius 1 is 1.16 bits per heavy atom. The van der Waals surface area contributed by atoms with Crippen LogP contribution in [0.2, 0.25) is 0 Å². The van der Waals surface area contributed by atoms with Crippen LogP contribution in [-0.2, 0) is 9.84 Å². The maximum Gasteiger partial charge on any atom is 0.155 e. The molecule has 0 amide bonds. The van der Waals surface area contributed by atoms with Crippen LogP contribution < -0.4 is 0 Å². The minimum absolute atomic E-state index is 0.237. The number of hydrogen-bond acceptors (Lipinski definition) is 2. The van der Waals surface area contributed by atoms with Gasteiger partial charge in [-0.25, -0.2) is 8.42 Å². The first-order valence-corrected chi connectivity index (χ1v) is 9.29. The van der Waals surface area contributed by atoms with Crippen molar-refractivity contribution < 1.29 is 8.42 Å². The van der Waals surface area contributed by atoms with E-state index >= 15 is 0 Å². The van der Waals surface area contributed by atoms with E-state index < -0.39 is 14.6 Å². The summed E-state index contributed by atoms with van der Waals surface area (Å²) >= 11 is 3.49. The monoisotopic (exact) mass is 346 g/mol. The molecule has 4 heteroatoms. The van der Waals surface area contributed by atoms with Crippen LogP contribution in [0.15, 0.2) is 24.3 Å². The minimum Gasteiger partial charge on any atom is -0.228 e. The standard InChI is InChI=1S/C15H23BrO2S/c1-12-5-7-13(8-6-12)14(11-16)9-10-19(17,18)15(2,3)4/h5-8,14H,9-11H2,1-4H3. The molecule has 0 fully saturated rings. The number of rotatable bonds is 5. The molecule has 0 saturated heterocycles. The Bertz CT molecular complexity index is 498. The fraction of sp³-hybridized carbons (Fsp3) is 0.600. The summed E-state index contributed by atoms with van der Waals surface area (Å²) in [5, 5.41) is 0.787. The summed E-state index contributed by atoms with van der Waals surface area (Å²) in [5.41, 5.74) is 2.42. The molecule has 1 aromatic rings. The second kappa shape index (κ2) is 6.40. The van der Waals surface area contributed by atoms with E-state index in [0.717, 1.165) is 5.33 Å².